The summed E-state index contributed by atoms with van der Waals surface area (Å²) in [6, 6.07) is 4.84. The average Bonchev–Trinajstić information content (AvgIpc) is 3.23. The van der Waals surface area contributed by atoms with Crippen molar-refractivity contribution in [3.05, 3.63) is 29.8 Å². The highest BCUT2D eigenvalue weighted by molar-refractivity contribution is 5.94. The van der Waals surface area contributed by atoms with Crippen LogP contribution in [0.1, 0.15) is 30.1 Å². The van der Waals surface area contributed by atoms with Gasteiger partial charge in [0, 0.05) is 11.7 Å². The lowest BCUT2D eigenvalue weighted by molar-refractivity contribution is -0.122. The summed E-state index contributed by atoms with van der Waals surface area (Å²) < 4.78 is 0. The Hall–Kier alpha value is -2.57. The van der Waals surface area contributed by atoms with Gasteiger partial charge in [0.1, 0.15) is 6.04 Å². The van der Waals surface area contributed by atoms with Crippen molar-refractivity contribution in [2.24, 2.45) is 0 Å². The Kier molecular flexibility index (Phi) is 4.42. The SMILES string of the molecule is CC(NC(=O)Nc1ccc(C(=O)O)cc1)C(=O)NC1CC1. The molecule has 0 heterocycles. The van der Waals surface area contributed by atoms with Crippen molar-refractivity contribution in [3.8, 4) is 0 Å². The van der Waals surface area contributed by atoms with Crippen LogP contribution in [-0.2, 0) is 4.79 Å². The number of aromatic carboxylic acids is 1. The minimum Gasteiger partial charge on any atom is -0.478 e. The second-order valence-electron chi connectivity index (χ2n) is 4.99. The molecule has 0 saturated heterocycles. The van der Waals surface area contributed by atoms with Gasteiger partial charge in [0.25, 0.3) is 0 Å². The zero-order chi connectivity index (χ0) is 15.4. The van der Waals surface area contributed by atoms with Crippen LogP contribution in [0.2, 0.25) is 0 Å². The molecule has 7 nitrogen and oxygen atoms in total. The van der Waals surface area contributed by atoms with Crippen LogP contribution >= 0.6 is 0 Å². The minimum atomic E-state index is -1.03. The number of carboxylic acid groups (broad SMARTS) is 1. The van der Waals surface area contributed by atoms with Gasteiger partial charge in [0.05, 0.1) is 5.56 Å². The Morgan fingerprint density at radius 2 is 1.81 bits per heavy atom. The zero-order valence-electron chi connectivity index (χ0n) is 11.6. The van der Waals surface area contributed by atoms with Gasteiger partial charge in [0.2, 0.25) is 5.91 Å². The molecule has 21 heavy (non-hydrogen) atoms. The molecule has 1 aliphatic carbocycles. The highest BCUT2D eigenvalue weighted by Gasteiger charge is 2.26. The quantitative estimate of drug-likeness (QED) is 0.653. The molecule has 0 bridgehead atoms. The number of amides is 3. The maximum atomic E-state index is 11.7. The van der Waals surface area contributed by atoms with E-state index in [-0.39, 0.29) is 17.5 Å². The molecular weight excluding hydrogens is 274 g/mol. The molecule has 0 radical (unpaired) electrons. The van der Waals surface area contributed by atoms with Crippen LogP contribution in [0.25, 0.3) is 0 Å². The average molecular weight is 291 g/mol. The molecule has 7 heteroatoms. The van der Waals surface area contributed by atoms with Crippen molar-refractivity contribution in [2.45, 2.75) is 31.8 Å². The summed E-state index contributed by atoms with van der Waals surface area (Å²) >= 11 is 0. The van der Waals surface area contributed by atoms with E-state index >= 15 is 0 Å². The number of nitrogens with one attached hydrogen (secondary N) is 3. The first kappa shape index (κ1) is 14.8. The number of carboxylic acids is 1. The Labute approximate surface area is 121 Å². The summed E-state index contributed by atoms with van der Waals surface area (Å²) in [5.41, 5.74) is 0.588. The van der Waals surface area contributed by atoms with Crippen molar-refractivity contribution in [1.82, 2.24) is 10.6 Å². The van der Waals surface area contributed by atoms with Crippen molar-refractivity contribution >= 4 is 23.6 Å². The largest absolute Gasteiger partial charge is 0.478 e. The van der Waals surface area contributed by atoms with E-state index in [0.29, 0.717) is 5.69 Å². The first-order valence-corrected chi connectivity index (χ1v) is 6.67. The Morgan fingerprint density at radius 3 is 2.33 bits per heavy atom. The van der Waals surface area contributed by atoms with Gasteiger partial charge in [-0.05, 0) is 44.0 Å². The number of urea groups is 1. The van der Waals surface area contributed by atoms with Crippen LogP contribution in [0.4, 0.5) is 10.5 Å². The van der Waals surface area contributed by atoms with Crippen molar-refractivity contribution < 1.29 is 19.5 Å². The minimum absolute atomic E-state index is 0.137. The molecule has 1 aromatic carbocycles. The highest BCUT2D eigenvalue weighted by Crippen LogP contribution is 2.18. The second kappa shape index (κ2) is 6.25. The monoisotopic (exact) mass is 291 g/mol. The van der Waals surface area contributed by atoms with Gasteiger partial charge in [-0.3, -0.25) is 4.79 Å². The summed E-state index contributed by atoms with van der Waals surface area (Å²) in [6.45, 7) is 1.60. The van der Waals surface area contributed by atoms with E-state index in [0.717, 1.165) is 12.8 Å². The summed E-state index contributed by atoms with van der Waals surface area (Å²) in [4.78, 5) is 34.1. The third-order valence-electron chi connectivity index (χ3n) is 3.05. The number of anilines is 1. The number of carbonyl (C=O) groups is 3. The maximum absolute atomic E-state index is 11.7. The van der Waals surface area contributed by atoms with E-state index in [1.165, 1.54) is 24.3 Å². The van der Waals surface area contributed by atoms with Crippen molar-refractivity contribution in [1.29, 1.82) is 0 Å². The second-order valence-corrected chi connectivity index (χ2v) is 4.99. The van der Waals surface area contributed by atoms with E-state index in [1.54, 1.807) is 6.92 Å². The van der Waals surface area contributed by atoms with Crippen LogP contribution in [0.15, 0.2) is 24.3 Å². The maximum Gasteiger partial charge on any atom is 0.335 e. The molecule has 0 aliphatic heterocycles. The summed E-state index contributed by atoms with van der Waals surface area (Å²) in [5, 5.41) is 16.6. The van der Waals surface area contributed by atoms with Crippen LogP contribution < -0.4 is 16.0 Å². The first-order chi connectivity index (χ1) is 9.95. The molecule has 1 unspecified atom stereocenters. The lowest BCUT2D eigenvalue weighted by Gasteiger charge is -2.14. The van der Waals surface area contributed by atoms with Gasteiger partial charge in [-0.2, -0.15) is 0 Å². The smallest absolute Gasteiger partial charge is 0.335 e. The predicted octanol–water partition coefficient (Wildman–Crippen LogP) is 1.17. The van der Waals surface area contributed by atoms with Gasteiger partial charge < -0.3 is 21.1 Å². The Balaban J connectivity index is 1.82. The Morgan fingerprint density at radius 1 is 1.19 bits per heavy atom. The molecule has 1 saturated carbocycles. The van der Waals surface area contributed by atoms with Crippen molar-refractivity contribution in [2.75, 3.05) is 5.32 Å². The summed E-state index contributed by atoms with van der Waals surface area (Å²) in [5.74, 6) is -1.25. The third-order valence-corrected chi connectivity index (χ3v) is 3.05. The molecule has 2 rings (SSSR count). The number of rotatable bonds is 5. The summed E-state index contributed by atoms with van der Waals surface area (Å²) in [6.07, 6.45) is 1.97. The molecule has 3 amide bonds. The van der Waals surface area contributed by atoms with Crippen LogP contribution in [-0.4, -0.2) is 35.1 Å². The summed E-state index contributed by atoms with van der Waals surface area (Å²) in [7, 11) is 0. The lowest BCUT2D eigenvalue weighted by Crippen LogP contribution is -2.46. The lowest BCUT2D eigenvalue weighted by atomic mass is 10.2. The Bertz CT molecular complexity index is 552. The topological polar surface area (TPSA) is 108 Å². The van der Waals surface area contributed by atoms with Crippen LogP contribution in [0.3, 0.4) is 0 Å². The predicted molar refractivity (Wildman–Crippen MR) is 76.2 cm³/mol. The number of hydrogen-bond donors (Lipinski definition) is 4. The van der Waals surface area contributed by atoms with E-state index in [4.69, 9.17) is 5.11 Å². The molecule has 0 spiro atoms. The van der Waals surface area contributed by atoms with Gasteiger partial charge in [0.15, 0.2) is 0 Å². The molecular formula is C14H17N3O4. The zero-order valence-corrected chi connectivity index (χ0v) is 11.6. The molecule has 1 aromatic rings. The third kappa shape index (κ3) is 4.48. The number of benzene rings is 1. The van der Waals surface area contributed by atoms with Crippen LogP contribution in [0.5, 0.6) is 0 Å². The van der Waals surface area contributed by atoms with E-state index in [1.807, 2.05) is 0 Å². The van der Waals surface area contributed by atoms with Gasteiger partial charge in [-0.25, -0.2) is 9.59 Å². The number of carbonyl (C=O) groups excluding carboxylic acids is 2. The molecule has 4 N–H and O–H groups in total. The fourth-order valence-corrected chi connectivity index (χ4v) is 1.68. The first-order valence-electron chi connectivity index (χ1n) is 6.67. The van der Waals surface area contributed by atoms with Gasteiger partial charge >= 0.3 is 12.0 Å². The normalized spacial score (nSPS) is 14.9. The standard InChI is InChI=1S/C14H17N3O4/c1-8(12(18)16-10-6-7-10)15-14(21)17-11-4-2-9(3-5-11)13(19)20/h2-5,8,10H,6-7H2,1H3,(H,16,18)(H,19,20)(H2,15,17,21). The fraction of sp³-hybridized carbons (Fsp3) is 0.357. The van der Waals surface area contributed by atoms with Gasteiger partial charge in [-0.15, -0.1) is 0 Å². The molecule has 1 atom stereocenters. The number of hydrogen-bond acceptors (Lipinski definition) is 3. The van der Waals surface area contributed by atoms with Crippen molar-refractivity contribution in [3.63, 3.8) is 0 Å². The van der Waals surface area contributed by atoms with E-state index in [9.17, 15) is 14.4 Å². The van der Waals surface area contributed by atoms with E-state index < -0.39 is 18.0 Å². The molecule has 112 valence electrons. The molecule has 1 aliphatic rings. The van der Waals surface area contributed by atoms with Gasteiger partial charge in [-0.1, -0.05) is 0 Å². The van der Waals surface area contributed by atoms with Crippen LogP contribution in [0, 0.1) is 0 Å². The highest BCUT2D eigenvalue weighted by atomic mass is 16.4. The fourth-order valence-electron chi connectivity index (χ4n) is 1.68. The molecule has 1 fully saturated rings. The van der Waals surface area contributed by atoms with E-state index in [2.05, 4.69) is 16.0 Å². The molecule has 0 aromatic heterocycles.